The van der Waals surface area contributed by atoms with Crippen LogP contribution < -0.4 is 10.2 Å². The highest BCUT2D eigenvalue weighted by molar-refractivity contribution is 5.26. The number of quaternary nitrogens is 1. The van der Waals surface area contributed by atoms with E-state index >= 15 is 0 Å². The van der Waals surface area contributed by atoms with Crippen LogP contribution in [0.1, 0.15) is 5.56 Å². The molecule has 1 N–H and O–H groups in total. The molecule has 0 aliphatic rings. The maximum Gasteiger partial charge on any atom is 0.195 e. The van der Waals surface area contributed by atoms with Crippen molar-refractivity contribution in [2.75, 3.05) is 7.11 Å². The molecule has 0 fully saturated rings. The molecule has 0 heterocycles. The van der Waals surface area contributed by atoms with E-state index in [9.17, 15) is 5.21 Å². The molecule has 1 atom stereocenters. The summed E-state index contributed by atoms with van der Waals surface area (Å²) in [6.45, 7) is 1.92. The van der Waals surface area contributed by atoms with Crippen molar-refractivity contribution in [3.63, 3.8) is 0 Å². The predicted octanol–water partition coefficient (Wildman–Crippen LogP) is 0.233. The largest absolute Gasteiger partial charge is 0.556 e. The Morgan fingerprint density at radius 1 is 1.42 bits per heavy atom. The Kier molecular flexibility index (Phi) is 3.04. The van der Waals surface area contributed by atoms with E-state index in [1.165, 1.54) is 7.11 Å². The van der Waals surface area contributed by atoms with Crippen LogP contribution in [0.25, 0.3) is 0 Å². The molecule has 1 unspecified atom stereocenters. The molecule has 66 valence electrons. The summed E-state index contributed by atoms with van der Waals surface area (Å²) < 4.78 is 0. The molecule has 0 saturated heterocycles. The zero-order valence-electron chi connectivity index (χ0n) is 7.03. The Balaban J connectivity index is 2.63. The number of nitrogens with one attached hydrogen (secondary N) is 1. The minimum Gasteiger partial charge on any atom is -0.556 e. The summed E-state index contributed by atoms with van der Waals surface area (Å²) in [6, 6.07) is 7.19. The number of hydrogen-bond donors (Lipinski definition) is 1. The molecular formula is C8H11NO3. The smallest absolute Gasteiger partial charge is 0.195 e. The number of aryl methyl sites for hydroxylation is 1. The van der Waals surface area contributed by atoms with Gasteiger partial charge in [0.15, 0.2) is 5.75 Å². The lowest BCUT2D eigenvalue weighted by molar-refractivity contribution is -1.18. The van der Waals surface area contributed by atoms with Crippen LogP contribution in [0, 0.1) is 12.1 Å². The molecule has 0 bridgehead atoms. The summed E-state index contributed by atoms with van der Waals surface area (Å²) in [5.41, 5.74) is 1.04. The van der Waals surface area contributed by atoms with Gasteiger partial charge in [-0.3, -0.25) is 4.84 Å². The second kappa shape index (κ2) is 4.06. The van der Waals surface area contributed by atoms with Crippen LogP contribution in [0.15, 0.2) is 24.3 Å². The predicted molar refractivity (Wildman–Crippen MR) is 43.1 cm³/mol. The number of rotatable bonds is 3. The maximum atomic E-state index is 10.6. The molecule has 0 aliphatic carbocycles. The van der Waals surface area contributed by atoms with Crippen LogP contribution in [-0.2, 0) is 4.84 Å². The van der Waals surface area contributed by atoms with Gasteiger partial charge in [0.2, 0.25) is 0 Å². The molecule has 0 spiro atoms. The van der Waals surface area contributed by atoms with E-state index in [-0.39, 0.29) is 0 Å². The average Bonchev–Trinajstić information content (AvgIpc) is 2.04. The fraction of sp³-hybridized carbons (Fsp3) is 0.250. The van der Waals surface area contributed by atoms with Gasteiger partial charge in [0.1, 0.15) is 7.11 Å². The molecule has 12 heavy (non-hydrogen) atoms. The normalized spacial score (nSPS) is 12.6. The van der Waals surface area contributed by atoms with Gasteiger partial charge in [-0.05, 0) is 30.0 Å². The lowest BCUT2D eigenvalue weighted by atomic mass is 10.2. The Bertz CT molecular complexity index is 252. The van der Waals surface area contributed by atoms with Crippen molar-refractivity contribution in [3.8, 4) is 5.75 Å². The quantitative estimate of drug-likeness (QED) is 0.659. The molecule has 1 aromatic carbocycles. The van der Waals surface area contributed by atoms with Crippen molar-refractivity contribution in [1.82, 2.24) is 0 Å². The third-order valence-electron chi connectivity index (χ3n) is 1.36. The van der Waals surface area contributed by atoms with Gasteiger partial charge >= 0.3 is 0 Å². The van der Waals surface area contributed by atoms with Gasteiger partial charge in [-0.15, -0.1) is 0 Å². The first-order chi connectivity index (χ1) is 5.72. The molecule has 0 radical (unpaired) electrons. The minimum absolute atomic E-state index is 0.502. The van der Waals surface area contributed by atoms with Gasteiger partial charge in [-0.1, -0.05) is 12.1 Å². The Morgan fingerprint density at radius 3 is 2.75 bits per heavy atom. The third kappa shape index (κ3) is 2.50. The standard InChI is InChI=1S/C8H11NO3/c1-7-4-3-5-8(6-7)12-9(10)11-2/h3-6,9H,1-2H3. The van der Waals surface area contributed by atoms with Gasteiger partial charge in [0.25, 0.3) is 0 Å². The van der Waals surface area contributed by atoms with Crippen LogP contribution in [0.2, 0.25) is 0 Å². The molecule has 0 saturated carbocycles. The van der Waals surface area contributed by atoms with Crippen LogP contribution in [-0.4, -0.2) is 7.11 Å². The molecule has 4 nitrogen and oxygen atoms in total. The van der Waals surface area contributed by atoms with E-state index < -0.39 is 5.39 Å². The van der Waals surface area contributed by atoms with Gasteiger partial charge in [0, 0.05) is 0 Å². The Labute approximate surface area is 70.8 Å². The molecule has 0 aliphatic heterocycles. The van der Waals surface area contributed by atoms with Crippen molar-refractivity contribution in [3.05, 3.63) is 35.0 Å². The summed E-state index contributed by atoms with van der Waals surface area (Å²) in [5, 5.41) is 9.95. The molecule has 0 aromatic heterocycles. The highest BCUT2D eigenvalue weighted by Crippen LogP contribution is 2.09. The fourth-order valence-electron chi connectivity index (χ4n) is 0.817. The Morgan fingerprint density at radius 2 is 2.17 bits per heavy atom. The van der Waals surface area contributed by atoms with Crippen LogP contribution >= 0.6 is 0 Å². The summed E-state index contributed by atoms with van der Waals surface area (Å²) in [5.74, 6) is 0.502. The van der Waals surface area contributed by atoms with Gasteiger partial charge in [-0.2, -0.15) is 4.84 Å². The highest BCUT2D eigenvalue weighted by atomic mass is 17.1. The number of hydrogen-bond acceptors (Lipinski definition) is 3. The monoisotopic (exact) mass is 169 g/mol. The molecule has 1 aromatic rings. The zero-order chi connectivity index (χ0) is 8.97. The van der Waals surface area contributed by atoms with E-state index in [1.807, 2.05) is 19.1 Å². The fourth-order valence-corrected chi connectivity index (χ4v) is 0.817. The van der Waals surface area contributed by atoms with E-state index in [0.717, 1.165) is 5.56 Å². The lowest BCUT2D eigenvalue weighted by Gasteiger charge is -2.15. The van der Waals surface area contributed by atoms with Gasteiger partial charge < -0.3 is 5.21 Å². The van der Waals surface area contributed by atoms with Gasteiger partial charge in [0.05, 0.1) is 0 Å². The Hall–Kier alpha value is -1.10. The second-order valence-electron chi connectivity index (χ2n) is 2.37. The van der Waals surface area contributed by atoms with Crippen molar-refractivity contribution in [2.24, 2.45) is 0 Å². The average molecular weight is 169 g/mol. The SMILES string of the molecule is CO[NH+]([O-])Oc1cccc(C)c1. The van der Waals surface area contributed by atoms with Crippen molar-refractivity contribution in [1.29, 1.82) is 0 Å². The number of benzene rings is 1. The topological polar surface area (TPSA) is 46.0 Å². The highest BCUT2D eigenvalue weighted by Gasteiger charge is 1.98. The van der Waals surface area contributed by atoms with Crippen LogP contribution in [0.3, 0.4) is 0 Å². The molecular weight excluding hydrogens is 158 g/mol. The lowest BCUT2D eigenvalue weighted by Crippen LogP contribution is -3.07. The van der Waals surface area contributed by atoms with Crippen LogP contribution in [0.5, 0.6) is 5.75 Å². The van der Waals surface area contributed by atoms with Crippen LogP contribution in [0.4, 0.5) is 0 Å². The summed E-state index contributed by atoms with van der Waals surface area (Å²) in [7, 11) is 1.28. The summed E-state index contributed by atoms with van der Waals surface area (Å²) >= 11 is 0. The van der Waals surface area contributed by atoms with Crippen molar-refractivity contribution >= 4 is 0 Å². The summed E-state index contributed by atoms with van der Waals surface area (Å²) in [4.78, 5) is 9.12. The van der Waals surface area contributed by atoms with E-state index in [2.05, 4.69) is 4.84 Å². The van der Waals surface area contributed by atoms with Crippen molar-refractivity contribution < 1.29 is 15.1 Å². The molecule has 1 rings (SSSR count). The zero-order valence-corrected chi connectivity index (χ0v) is 7.03. The van der Waals surface area contributed by atoms with E-state index in [4.69, 9.17) is 4.84 Å². The van der Waals surface area contributed by atoms with Gasteiger partial charge in [-0.25, -0.2) is 0 Å². The maximum absolute atomic E-state index is 10.6. The second-order valence-corrected chi connectivity index (χ2v) is 2.37. The summed E-state index contributed by atoms with van der Waals surface area (Å²) in [6.07, 6.45) is 0. The molecule has 0 amide bonds. The first kappa shape index (κ1) is 8.99. The van der Waals surface area contributed by atoms with E-state index in [0.29, 0.717) is 5.75 Å². The van der Waals surface area contributed by atoms with E-state index in [1.54, 1.807) is 12.1 Å². The third-order valence-corrected chi connectivity index (χ3v) is 1.36. The first-order valence-electron chi connectivity index (χ1n) is 3.55. The minimum atomic E-state index is -0.694. The first-order valence-corrected chi connectivity index (χ1v) is 3.55. The molecule has 4 heteroatoms. The van der Waals surface area contributed by atoms with Crippen molar-refractivity contribution in [2.45, 2.75) is 6.92 Å².